The molecule has 1 N–H and O–H groups in total. The molecule has 0 fully saturated rings. The summed E-state index contributed by atoms with van der Waals surface area (Å²) in [4.78, 5) is 25.9. The molecule has 0 bridgehead atoms. The largest absolute Gasteiger partial charge is 0.457 e. The van der Waals surface area contributed by atoms with Crippen LogP contribution in [0.1, 0.15) is 15.9 Å². The van der Waals surface area contributed by atoms with Gasteiger partial charge in [0.1, 0.15) is 11.5 Å². The number of non-ortho nitro benzene ring substituents is 1. The zero-order valence-corrected chi connectivity index (χ0v) is 14.0. The molecular weight excluding hydrogens is 348 g/mol. The number of carbonyl (C=O) groups excluding carboxylic acids is 1. The number of nitro groups is 1. The molecule has 0 aliphatic rings. The Balaban J connectivity index is 1.56. The van der Waals surface area contributed by atoms with Gasteiger partial charge >= 0.3 is 0 Å². The van der Waals surface area contributed by atoms with Crippen molar-refractivity contribution >= 4 is 17.8 Å². The van der Waals surface area contributed by atoms with Crippen LogP contribution < -0.4 is 10.2 Å². The number of aromatic nitrogens is 1. The molecule has 0 radical (unpaired) electrons. The van der Waals surface area contributed by atoms with Gasteiger partial charge in [-0.1, -0.05) is 0 Å². The fraction of sp³-hybridized carbons (Fsp3) is 0. The maximum absolute atomic E-state index is 11.8. The van der Waals surface area contributed by atoms with Crippen molar-refractivity contribution in [3.63, 3.8) is 0 Å². The Morgan fingerprint density at radius 2 is 1.59 bits per heavy atom. The second-order valence-electron chi connectivity index (χ2n) is 5.36. The van der Waals surface area contributed by atoms with Crippen LogP contribution in [0.3, 0.4) is 0 Å². The smallest absolute Gasteiger partial charge is 0.271 e. The second kappa shape index (κ2) is 8.34. The predicted molar refractivity (Wildman–Crippen MR) is 98.9 cm³/mol. The van der Waals surface area contributed by atoms with Crippen molar-refractivity contribution in [3.05, 3.63) is 94.3 Å². The molecule has 0 atom stereocenters. The van der Waals surface area contributed by atoms with Gasteiger partial charge in [-0.05, 0) is 54.1 Å². The van der Waals surface area contributed by atoms with E-state index in [2.05, 4.69) is 15.5 Å². The van der Waals surface area contributed by atoms with Gasteiger partial charge in [-0.15, -0.1) is 0 Å². The van der Waals surface area contributed by atoms with Crippen molar-refractivity contribution in [1.29, 1.82) is 0 Å². The van der Waals surface area contributed by atoms with E-state index in [1.54, 1.807) is 36.4 Å². The van der Waals surface area contributed by atoms with Crippen LogP contribution in [0.25, 0.3) is 0 Å². The maximum Gasteiger partial charge on any atom is 0.271 e. The lowest BCUT2D eigenvalue weighted by Crippen LogP contribution is -2.17. The van der Waals surface area contributed by atoms with Crippen molar-refractivity contribution in [2.75, 3.05) is 0 Å². The van der Waals surface area contributed by atoms with Crippen LogP contribution >= 0.6 is 0 Å². The number of nitrogens with zero attached hydrogens (tertiary/aromatic N) is 3. The van der Waals surface area contributed by atoms with Gasteiger partial charge in [0, 0.05) is 30.1 Å². The molecule has 2 aromatic carbocycles. The Morgan fingerprint density at radius 1 is 1.00 bits per heavy atom. The highest BCUT2D eigenvalue weighted by atomic mass is 16.6. The lowest BCUT2D eigenvalue weighted by atomic mass is 10.2. The summed E-state index contributed by atoms with van der Waals surface area (Å²) in [6.45, 7) is 0. The van der Waals surface area contributed by atoms with Crippen LogP contribution in [0.2, 0.25) is 0 Å². The van der Waals surface area contributed by atoms with Gasteiger partial charge in [0.2, 0.25) is 0 Å². The summed E-state index contributed by atoms with van der Waals surface area (Å²) in [7, 11) is 0. The topological polar surface area (TPSA) is 107 Å². The SMILES string of the molecule is O=C(N/N=C/c1ccc(Oc2ccc([N+](=O)[O-])cc2)cc1)c1ccncc1. The van der Waals surface area contributed by atoms with E-state index in [1.165, 1.54) is 42.9 Å². The molecule has 3 rings (SSSR count). The molecule has 8 heteroatoms. The first-order chi connectivity index (χ1) is 13.1. The van der Waals surface area contributed by atoms with Gasteiger partial charge in [-0.25, -0.2) is 5.43 Å². The summed E-state index contributed by atoms with van der Waals surface area (Å²) in [5.74, 6) is 0.736. The summed E-state index contributed by atoms with van der Waals surface area (Å²) in [6, 6.07) is 16.0. The van der Waals surface area contributed by atoms with Crippen molar-refractivity contribution in [1.82, 2.24) is 10.4 Å². The molecule has 134 valence electrons. The van der Waals surface area contributed by atoms with E-state index in [0.29, 0.717) is 17.1 Å². The Bertz CT molecular complexity index is 955. The van der Waals surface area contributed by atoms with Gasteiger partial charge in [-0.2, -0.15) is 5.10 Å². The number of pyridine rings is 1. The van der Waals surface area contributed by atoms with Crippen LogP contribution in [0, 0.1) is 10.1 Å². The standard InChI is InChI=1S/C19H14N4O4/c24-19(15-9-11-20-12-10-15)22-21-13-14-1-5-17(6-2-14)27-18-7-3-16(4-8-18)23(25)26/h1-13H,(H,22,24)/b21-13+. The molecule has 0 saturated carbocycles. The number of hydrogen-bond acceptors (Lipinski definition) is 6. The molecule has 0 unspecified atom stereocenters. The Kier molecular flexibility index (Phi) is 5.48. The van der Waals surface area contributed by atoms with Crippen LogP contribution in [-0.4, -0.2) is 22.0 Å². The van der Waals surface area contributed by atoms with Gasteiger partial charge in [0.05, 0.1) is 11.1 Å². The second-order valence-corrected chi connectivity index (χ2v) is 5.36. The first-order valence-electron chi connectivity index (χ1n) is 7.87. The quantitative estimate of drug-likeness (QED) is 0.410. The third-order valence-electron chi connectivity index (χ3n) is 3.49. The average Bonchev–Trinajstić information content (AvgIpc) is 2.70. The highest BCUT2D eigenvalue weighted by Crippen LogP contribution is 2.23. The Morgan fingerprint density at radius 3 is 2.19 bits per heavy atom. The highest BCUT2D eigenvalue weighted by molar-refractivity contribution is 5.94. The average molecular weight is 362 g/mol. The van der Waals surface area contributed by atoms with E-state index in [9.17, 15) is 14.9 Å². The van der Waals surface area contributed by atoms with Crippen molar-refractivity contribution in [3.8, 4) is 11.5 Å². The molecule has 8 nitrogen and oxygen atoms in total. The third-order valence-corrected chi connectivity index (χ3v) is 3.49. The molecule has 3 aromatic rings. The highest BCUT2D eigenvalue weighted by Gasteiger charge is 2.05. The zero-order valence-electron chi connectivity index (χ0n) is 14.0. The number of rotatable bonds is 6. The monoisotopic (exact) mass is 362 g/mol. The molecule has 27 heavy (non-hydrogen) atoms. The number of hydrazone groups is 1. The molecule has 0 aliphatic heterocycles. The molecule has 1 heterocycles. The van der Waals surface area contributed by atoms with Gasteiger partial charge in [-0.3, -0.25) is 19.9 Å². The Labute approximate surface area is 154 Å². The zero-order chi connectivity index (χ0) is 19.1. The molecule has 0 spiro atoms. The van der Waals surface area contributed by atoms with E-state index < -0.39 is 4.92 Å². The molecule has 1 aromatic heterocycles. The molecule has 0 aliphatic carbocycles. The van der Waals surface area contributed by atoms with Crippen molar-refractivity contribution in [2.24, 2.45) is 5.10 Å². The summed E-state index contributed by atoms with van der Waals surface area (Å²) in [5, 5.41) is 14.5. The van der Waals surface area contributed by atoms with Crippen LogP contribution in [-0.2, 0) is 0 Å². The van der Waals surface area contributed by atoms with Gasteiger partial charge in [0.15, 0.2) is 0 Å². The number of nitro benzene ring substituents is 1. The summed E-state index contributed by atoms with van der Waals surface area (Å²) >= 11 is 0. The number of ether oxygens (including phenoxy) is 1. The Hall–Kier alpha value is -4.07. The molecular formula is C19H14N4O4. The van der Waals surface area contributed by atoms with E-state index >= 15 is 0 Å². The molecule has 0 saturated heterocycles. The number of nitrogens with one attached hydrogen (secondary N) is 1. The normalized spacial score (nSPS) is 10.5. The number of carbonyl (C=O) groups is 1. The number of hydrogen-bond donors (Lipinski definition) is 1. The summed E-state index contributed by atoms with van der Waals surface area (Å²) in [5.41, 5.74) is 3.67. The minimum atomic E-state index is -0.467. The molecule has 1 amide bonds. The van der Waals surface area contributed by atoms with E-state index in [0.717, 1.165) is 5.56 Å². The fourth-order valence-electron chi connectivity index (χ4n) is 2.13. The first kappa shape index (κ1) is 17.7. The fourth-order valence-corrected chi connectivity index (χ4v) is 2.13. The predicted octanol–water partition coefficient (Wildman–Crippen LogP) is 3.55. The number of benzene rings is 2. The summed E-state index contributed by atoms with van der Waals surface area (Å²) in [6.07, 6.45) is 4.57. The maximum atomic E-state index is 11.8. The van der Waals surface area contributed by atoms with Gasteiger partial charge < -0.3 is 4.74 Å². The van der Waals surface area contributed by atoms with Crippen LogP contribution in [0.4, 0.5) is 5.69 Å². The minimum absolute atomic E-state index is 0.00252. The number of amides is 1. The van der Waals surface area contributed by atoms with Gasteiger partial charge in [0.25, 0.3) is 11.6 Å². The van der Waals surface area contributed by atoms with E-state index in [-0.39, 0.29) is 11.6 Å². The first-order valence-corrected chi connectivity index (χ1v) is 7.87. The van der Waals surface area contributed by atoms with E-state index in [1.807, 2.05) is 0 Å². The van der Waals surface area contributed by atoms with Crippen molar-refractivity contribution in [2.45, 2.75) is 0 Å². The van der Waals surface area contributed by atoms with E-state index in [4.69, 9.17) is 4.74 Å². The van der Waals surface area contributed by atoms with Crippen LogP contribution in [0.5, 0.6) is 11.5 Å². The van der Waals surface area contributed by atoms with Crippen molar-refractivity contribution < 1.29 is 14.5 Å². The lowest BCUT2D eigenvalue weighted by Gasteiger charge is -2.05. The van der Waals surface area contributed by atoms with Crippen LogP contribution in [0.15, 0.2) is 78.2 Å². The summed E-state index contributed by atoms with van der Waals surface area (Å²) < 4.78 is 5.63. The third kappa shape index (κ3) is 4.95. The minimum Gasteiger partial charge on any atom is -0.457 e. The lowest BCUT2D eigenvalue weighted by molar-refractivity contribution is -0.384.